The van der Waals surface area contributed by atoms with E-state index in [2.05, 4.69) is 10.3 Å². The monoisotopic (exact) mass is 162 g/mol. The number of hydrogen-bond acceptors (Lipinski definition) is 4. The summed E-state index contributed by atoms with van der Waals surface area (Å²) in [6, 6.07) is 6.92. The summed E-state index contributed by atoms with van der Waals surface area (Å²) in [5, 5.41) is 23.9. The summed E-state index contributed by atoms with van der Waals surface area (Å²) < 4.78 is 0. The van der Waals surface area contributed by atoms with Gasteiger partial charge in [0.05, 0.1) is 0 Å². The normalized spacial score (nSPS) is 10.3. The Kier molecular flexibility index (Phi) is 1.30. The molecule has 0 aliphatic heterocycles. The number of rotatable bonds is 0. The van der Waals surface area contributed by atoms with Crippen LogP contribution >= 0.6 is 0 Å². The summed E-state index contributed by atoms with van der Waals surface area (Å²) in [6.45, 7) is 0. The predicted octanol–water partition coefficient (Wildman–Crippen LogP) is 0.148. The molecule has 5 heteroatoms. The molecule has 2 aromatic rings. The molecule has 0 aliphatic carbocycles. The second kappa shape index (κ2) is 2.30. The highest BCUT2D eigenvalue weighted by atomic mass is 16.5. The maximum absolute atomic E-state index is 9.16. The fourth-order valence-corrected chi connectivity index (χ4v) is 1.04. The van der Waals surface area contributed by atoms with Crippen molar-refractivity contribution < 1.29 is 5.21 Å². The van der Waals surface area contributed by atoms with E-state index in [9.17, 15) is 0 Å². The first-order chi connectivity index (χ1) is 5.79. The van der Waals surface area contributed by atoms with Crippen LogP contribution in [0.5, 0.6) is 0 Å². The van der Waals surface area contributed by atoms with Crippen LogP contribution in [0.4, 0.5) is 0 Å². The first kappa shape index (κ1) is 6.78. The summed E-state index contributed by atoms with van der Waals surface area (Å²) in [4.78, 5) is 0.660. The summed E-state index contributed by atoms with van der Waals surface area (Å²) >= 11 is 0. The van der Waals surface area contributed by atoms with Crippen molar-refractivity contribution in [3.05, 3.63) is 29.8 Å². The number of benzene rings is 1. The van der Waals surface area contributed by atoms with Gasteiger partial charge in [-0.2, -0.15) is 0 Å². The van der Waals surface area contributed by atoms with Gasteiger partial charge >= 0.3 is 0 Å². The van der Waals surface area contributed by atoms with Crippen molar-refractivity contribution in [3.63, 3.8) is 0 Å². The van der Waals surface area contributed by atoms with Crippen LogP contribution in [-0.4, -0.2) is 20.4 Å². The maximum Gasteiger partial charge on any atom is 0.178 e. The Morgan fingerprint density at radius 3 is 2.83 bits per heavy atom. The molecule has 0 unspecified atom stereocenters. The van der Waals surface area contributed by atoms with Crippen molar-refractivity contribution in [3.8, 4) is 0 Å². The predicted molar refractivity (Wildman–Crippen MR) is 40.6 cm³/mol. The van der Waals surface area contributed by atoms with E-state index >= 15 is 0 Å². The zero-order valence-corrected chi connectivity index (χ0v) is 6.10. The van der Waals surface area contributed by atoms with Crippen LogP contribution in [-0.2, 0) is 0 Å². The Morgan fingerprint density at radius 1 is 1.33 bits per heavy atom. The molecule has 12 heavy (non-hydrogen) atoms. The topological polar surface area (TPSA) is 74.8 Å². The van der Waals surface area contributed by atoms with Gasteiger partial charge in [-0.3, -0.25) is 5.41 Å². The van der Waals surface area contributed by atoms with Crippen molar-refractivity contribution in [1.82, 2.24) is 15.2 Å². The molecule has 0 amide bonds. The van der Waals surface area contributed by atoms with E-state index < -0.39 is 0 Å². The van der Waals surface area contributed by atoms with Crippen molar-refractivity contribution in [1.29, 1.82) is 5.41 Å². The Bertz CT molecular complexity index is 476. The molecule has 1 aromatic heterocycles. The zero-order chi connectivity index (χ0) is 8.55. The SMILES string of the molecule is N=c1nnn(O)c2ccccc12. The lowest BCUT2D eigenvalue weighted by atomic mass is 10.2. The van der Waals surface area contributed by atoms with Crippen molar-refractivity contribution in [2.75, 3.05) is 0 Å². The standard InChI is InChI=1S/C7H6N4O/c8-7-5-3-1-2-4-6(5)11(12)10-9-7/h1-4,8,12H. The molecule has 0 spiro atoms. The van der Waals surface area contributed by atoms with Gasteiger partial charge in [-0.1, -0.05) is 17.0 Å². The molecule has 0 bridgehead atoms. The second-order valence-corrected chi connectivity index (χ2v) is 2.34. The van der Waals surface area contributed by atoms with E-state index in [1.165, 1.54) is 0 Å². The van der Waals surface area contributed by atoms with Gasteiger partial charge in [0, 0.05) is 5.39 Å². The van der Waals surface area contributed by atoms with Crippen molar-refractivity contribution in [2.24, 2.45) is 0 Å². The highest BCUT2D eigenvalue weighted by Crippen LogP contribution is 2.04. The molecule has 0 saturated carbocycles. The highest BCUT2D eigenvalue weighted by molar-refractivity contribution is 5.76. The summed E-state index contributed by atoms with van der Waals surface area (Å²) in [6.07, 6.45) is 0. The van der Waals surface area contributed by atoms with Crippen LogP contribution < -0.4 is 5.49 Å². The Morgan fingerprint density at radius 2 is 2.08 bits per heavy atom. The molecule has 0 aliphatic rings. The fourth-order valence-electron chi connectivity index (χ4n) is 1.04. The molecule has 60 valence electrons. The maximum atomic E-state index is 9.16. The minimum Gasteiger partial charge on any atom is -0.410 e. The van der Waals surface area contributed by atoms with E-state index in [-0.39, 0.29) is 5.49 Å². The number of nitrogens with zero attached hydrogens (tertiary/aromatic N) is 3. The second-order valence-electron chi connectivity index (χ2n) is 2.34. The lowest BCUT2D eigenvalue weighted by Crippen LogP contribution is -2.15. The van der Waals surface area contributed by atoms with E-state index in [4.69, 9.17) is 10.6 Å². The molecule has 0 fully saturated rings. The lowest BCUT2D eigenvalue weighted by Gasteiger charge is -1.98. The number of fused-ring (bicyclic) bond motifs is 1. The molecule has 5 nitrogen and oxygen atoms in total. The van der Waals surface area contributed by atoms with Gasteiger partial charge in [0.2, 0.25) is 0 Å². The minimum absolute atomic E-state index is 0.0656. The van der Waals surface area contributed by atoms with Crippen LogP contribution in [0.1, 0.15) is 0 Å². The lowest BCUT2D eigenvalue weighted by molar-refractivity contribution is 0.148. The van der Waals surface area contributed by atoms with E-state index in [0.717, 1.165) is 0 Å². The van der Waals surface area contributed by atoms with Gasteiger partial charge in [-0.15, -0.1) is 5.10 Å². The first-order valence-electron chi connectivity index (χ1n) is 3.37. The van der Waals surface area contributed by atoms with Crippen LogP contribution in [0.3, 0.4) is 0 Å². The van der Waals surface area contributed by atoms with Gasteiger partial charge in [-0.25, -0.2) is 0 Å². The van der Waals surface area contributed by atoms with E-state index in [1.54, 1.807) is 24.3 Å². The summed E-state index contributed by atoms with van der Waals surface area (Å²) in [5.41, 5.74) is 0.549. The molecule has 1 heterocycles. The largest absolute Gasteiger partial charge is 0.410 e. The third-order valence-corrected chi connectivity index (χ3v) is 1.60. The third-order valence-electron chi connectivity index (χ3n) is 1.60. The number of nitrogens with one attached hydrogen (secondary N) is 1. The zero-order valence-electron chi connectivity index (χ0n) is 6.10. The van der Waals surface area contributed by atoms with Gasteiger partial charge < -0.3 is 5.21 Å². The van der Waals surface area contributed by atoms with Crippen molar-refractivity contribution >= 4 is 10.9 Å². The van der Waals surface area contributed by atoms with Gasteiger partial charge in [0.1, 0.15) is 5.52 Å². The third kappa shape index (κ3) is 0.833. The molecule has 0 atom stereocenters. The average molecular weight is 162 g/mol. The molecule has 0 saturated heterocycles. The Labute approximate surface area is 67.4 Å². The average Bonchev–Trinajstić information content (AvgIpc) is 2.12. The molecule has 0 radical (unpaired) electrons. The van der Waals surface area contributed by atoms with Gasteiger partial charge in [0.25, 0.3) is 0 Å². The van der Waals surface area contributed by atoms with E-state index in [0.29, 0.717) is 15.7 Å². The van der Waals surface area contributed by atoms with Crippen LogP contribution in [0.15, 0.2) is 24.3 Å². The van der Waals surface area contributed by atoms with E-state index in [1.807, 2.05) is 0 Å². The molecule has 2 rings (SSSR count). The number of aromatic nitrogens is 3. The summed E-state index contributed by atoms with van der Waals surface area (Å²) in [5.74, 6) is 0. The van der Waals surface area contributed by atoms with Gasteiger partial charge in [0.15, 0.2) is 5.49 Å². The number of para-hydroxylation sites is 1. The van der Waals surface area contributed by atoms with Crippen LogP contribution in [0.25, 0.3) is 10.9 Å². The van der Waals surface area contributed by atoms with Gasteiger partial charge in [-0.05, 0) is 17.3 Å². The van der Waals surface area contributed by atoms with Crippen LogP contribution in [0, 0.1) is 5.41 Å². The molecule has 2 N–H and O–H groups in total. The fraction of sp³-hybridized carbons (Fsp3) is 0. The summed E-state index contributed by atoms with van der Waals surface area (Å²) in [7, 11) is 0. The molecule has 1 aromatic carbocycles. The highest BCUT2D eigenvalue weighted by Gasteiger charge is 1.98. The molecular formula is C7H6N4O. The first-order valence-corrected chi connectivity index (χ1v) is 3.37. The smallest absolute Gasteiger partial charge is 0.178 e. The molecular weight excluding hydrogens is 156 g/mol. The minimum atomic E-state index is 0.0656. The van der Waals surface area contributed by atoms with Crippen molar-refractivity contribution in [2.45, 2.75) is 0 Å². The van der Waals surface area contributed by atoms with Crippen LogP contribution in [0.2, 0.25) is 0 Å². The number of hydrogen-bond donors (Lipinski definition) is 2. The Hall–Kier alpha value is -1.91. The quantitative estimate of drug-likeness (QED) is 0.541. The Balaban J connectivity index is 3.05.